The van der Waals surface area contributed by atoms with E-state index in [0.717, 1.165) is 0 Å². The predicted molar refractivity (Wildman–Crippen MR) is 48.0 cm³/mol. The van der Waals surface area contributed by atoms with Gasteiger partial charge in [-0.2, -0.15) is 0 Å². The summed E-state index contributed by atoms with van der Waals surface area (Å²) in [6.07, 6.45) is 2.37. The van der Waals surface area contributed by atoms with Crippen LogP contribution in [-0.4, -0.2) is 16.9 Å². The van der Waals surface area contributed by atoms with Gasteiger partial charge < -0.3 is 0 Å². The molecule has 0 amide bonds. The van der Waals surface area contributed by atoms with Crippen LogP contribution >= 0.6 is 15.9 Å². The summed E-state index contributed by atoms with van der Waals surface area (Å²) in [4.78, 5) is 21.5. The molecule has 0 atom stereocenters. The van der Waals surface area contributed by atoms with Crippen LogP contribution in [0.1, 0.15) is 32.6 Å². The number of halogens is 1. The van der Waals surface area contributed by atoms with E-state index in [1.165, 1.54) is 0 Å². The van der Waals surface area contributed by atoms with Crippen LogP contribution < -0.4 is 0 Å². The minimum atomic E-state index is 0.175. The van der Waals surface area contributed by atoms with Crippen LogP contribution in [0.4, 0.5) is 0 Å². The van der Waals surface area contributed by atoms with E-state index in [0.29, 0.717) is 31.0 Å². The molecule has 0 fully saturated rings. The number of hydrogen-bond donors (Lipinski definition) is 0. The summed E-state index contributed by atoms with van der Waals surface area (Å²) in [5.41, 5.74) is 0. The fraction of sp³-hybridized carbons (Fsp3) is 0.750. The van der Waals surface area contributed by atoms with Crippen LogP contribution in [-0.2, 0) is 9.59 Å². The van der Waals surface area contributed by atoms with Crippen LogP contribution in [0, 0.1) is 0 Å². The Morgan fingerprint density at radius 3 is 2.18 bits per heavy atom. The SMILES string of the molecule is CCC(=O)CCCC(=O)CBr. The Hall–Kier alpha value is -0.180. The van der Waals surface area contributed by atoms with Gasteiger partial charge in [0.1, 0.15) is 11.6 Å². The van der Waals surface area contributed by atoms with Crippen LogP contribution in [0.5, 0.6) is 0 Å². The average Bonchev–Trinajstić information content (AvgIpc) is 2.04. The van der Waals surface area contributed by atoms with E-state index in [9.17, 15) is 9.59 Å². The van der Waals surface area contributed by atoms with Crippen molar-refractivity contribution >= 4 is 27.5 Å². The molecule has 0 saturated carbocycles. The van der Waals surface area contributed by atoms with Crippen molar-refractivity contribution in [2.45, 2.75) is 32.6 Å². The number of rotatable bonds is 6. The maximum Gasteiger partial charge on any atom is 0.143 e. The van der Waals surface area contributed by atoms with Crippen molar-refractivity contribution < 1.29 is 9.59 Å². The highest BCUT2D eigenvalue weighted by Gasteiger charge is 2.01. The van der Waals surface area contributed by atoms with Crippen molar-refractivity contribution in [1.82, 2.24) is 0 Å². The Balaban J connectivity index is 3.27. The van der Waals surface area contributed by atoms with Crippen molar-refractivity contribution in [2.24, 2.45) is 0 Å². The smallest absolute Gasteiger partial charge is 0.143 e. The lowest BCUT2D eigenvalue weighted by atomic mass is 10.1. The number of carbonyl (C=O) groups is 2. The van der Waals surface area contributed by atoms with Gasteiger partial charge in [0.15, 0.2) is 0 Å². The standard InChI is InChI=1S/C8H13BrO2/c1-2-7(10)4-3-5-8(11)6-9/h2-6H2,1H3. The third kappa shape index (κ3) is 6.23. The van der Waals surface area contributed by atoms with Crippen LogP contribution in [0.15, 0.2) is 0 Å². The van der Waals surface area contributed by atoms with Crippen LogP contribution in [0.25, 0.3) is 0 Å². The second-order valence-corrected chi connectivity index (χ2v) is 2.98. The molecule has 11 heavy (non-hydrogen) atoms. The lowest BCUT2D eigenvalue weighted by Crippen LogP contribution is -2.01. The summed E-state index contributed by atoms with van der Waals surface area (Å²) in [5, 5.41) is 0.410. The van der Waals surface area contributed by atoms with E-state index in [4.69, 9.17) is 0 Å². The minimum Gasteiger partial charge on any atom is -0.300 e. The maximum atomic E-state index is 10.8. The predicted octanol–water partition coefficient (Wildman–Crippen LogP) is 2.10. The van der Waals surface area contributed by atoms with Crippen LogP contribution in [0.2, 0.25) is 0 Å². The number of carbonyl (C=O) groups excluding carboxylic acids is 2. The molecule has 0 unspecified atom stereocenters. The molecule has 0 N–H and O–H groups in total. The third-order valence-corrected chi connectivity index (χ3v) is 2.08. The van der Waals surface area contributed by atoms with Crippen molar-refractivity contribution in [3.63, 3.8) is 0 Å². The molecular weight excluding hydrogens is 208 g/mol. The molecule has 0 heterocycles. The molecule has 0 spiro atoms. The molecule has 0 saturated heterocycles. The molecule has 0 aromatic heterocycles. The largest absolute Gasteiger partial charge is 0.300 e. The summed E-state index contributed by atoms with van der Waals surface area (Å²) in [6.45, 7) is 1.84. The summed E-state index contributed by atoms with van der Waals surface area (Å²) in [6, 6.07) is 0. The minimum absolute atomic E-state index is 0.175. The molecule has 0 bridgehead atoms. The fourth-order valence-corrected chi connectivity index (χ4v) is 1.01. The van der Waals surface area contributed by atoms with Gasteiger partial charge in [0.05, 0.1) is 5.33 Å². The number of ketones is 2. The van der Waals surface area contributed by atoms with Gasteiger partial charge in [-0.25, -0.2) is 0 Å². The van der Waals surface area contributed by atoms with Gasteiger partial charge in [-0.05, 0) is 6.42 Å². The Kier molecular flexibility index (Phi) is 6.42. The first kappa shape index (κ1) is 10.8. The van der Waals surface area contributed by atoms with E-state index in [1.54, 1.807) is 0 Å². The van der Waals surface area contributed by atoms with Gasteiger partial charge >= 0.3 is 0 Å². The zero-order valence-corrected chi connectivity index (χ0v) is 8.32. The summed E-state index contributed by atoms with van der Waals surface area (Å²) in [7, 11) is 0. The molecule has 0 aliphatic heterocycles. The van der Waals surface area contributed by atoms with Gasteiger partial charge in [0.2, 0.25) is 0 Å². The molecule has 0 radical (unpaired) electrons. The highest BCUT2D eigenvalue weighted by Crippen LogP contribution is 2.00. The highest BCUT2D eigenvalue weighted by molar-refractivity contribution is 9.09. The van der Waals surface area contributed by atoms with Gasteiger partial charge in [-0.3, -0.25) is 9.59 Å². The number of hydrogen-bond acceptors (Lipinski definition) is 2. The molecule has 0 rings (SSSR count). The van der Waals surface area contributed by atoms with E-state index in [2.05, 4.69) is 15.9 Å². The first-order chi connectivity index (χ1) is 5.20. The van der Waals surface area contributed by atoms with E-state index < -0.39 is 0 Å². The molecule has 0 aliphatic carbocycles. The quantitative estimate of drug-likeness (QED) is 0.643. The van der Waals surface area contributed by atoms with E-state index in [-0.39, 0.29) is 11.6 Å². The lowest BCUT2D eigenvalue weighted by molar-refractivity contribution is -0.119. The highest BCUT2D eigenvalue weighted by atomic mass is 79.9. The van der Waals surface area contributed by atoms with Gasteiger partial charge in [0.25, 0.3) is 0 Å². The summed E-state index contributed by atoms with van der Waals surface area (Å²) >= 11 is 3.06. The molecule has 2 nitrogen and oxygen atoms in total. The monoisotopic (exact) mass is 220 g/mol. The van der Waals surface area contributed by atoms with Crippen molar-refractivity contribution in [1.29, 1.82) is 0 Å². The number of Topliss-reactive ketones (excluding diaryl/α,β-unsaturated/α-hetero) is 2. The molecular formula is C8H13BrO2. The Labute approximate surface area is 75.5 Å². The Morgan fingerprint density at radius 2 is 1.73 bits per heavy atom. The molecule has 0 aliphatic rings. The normalized spacial score (nSPS) is 9.64. The molecule has 64 valence electrons. The van der Waals surface area contributed by atoms with Gasteiger partial charge in [-0.1, -0.05) is 22.9 Å². The average molecular weight is 221 g/mol. The Morgan fingerprint density at radius 1 is 1.18 bits per heavy atom. The van der Waals surface area contributed by atoms with Crippen molar-refractivity contribution in [3.05, 3.63) is 0 Å². The first-order valence-electron chi connectivity index (χ1n) is 3.80. The van der Waals surface area contributed by atoms with Gasteiger partial charge in [-0.15, -0.1) is 0 Å². The van der Waals surface area contributed by atoms with E-state index >= 15 is 0 Å². The van der Waals surface area contributed by atoms with E-state index in [1.807, 2.05) is 6.92 Å². The molecule has 0 aromatic rings. The zero-order valence-electron chi connectivity index (χ0n) is 6.73. The molecule has 3 heteroatoms. The first-order valence-corrected chi connectivity index (χ1v) is 4.92. The maximum absolute atomic E-state index is 10.8. The van der Waals surface area contributed by atoms with Crippen molar-refractivity contribution in [3.8, 4) is 0 Å². The molecule has 0 aromatic carbocycles. The fourth-order valence-electron chi connectivity index (χ4n) is 0.726. The third-order valence-electron chi connectivity index (χ3n) is 1.45. The van der Waals surface area contributed by atoms with Crippen molar-refractivity contribution in [2.75, 3.05) is 5.33 Å². The van der Waals surface area contributed by atoms with Gasteiger partial charge in [0, 0.05) is 19.3 Å². The second-order valence-electron chi connectivity index (χ2n) is 2.42. The topological polar surface area (TPSA) is 34.1 Å². The van der Waals surface area contributed by atoms with Crippen LogP contribution in [0.3, 0.4) is 0 Å². The lowest BCUT2D eigenvalue weighted by Gasteiger charge is -1.95. The summed E-state index contributed by atoms with van der Waals surface area (Å²) in [5.74, 6) is 0.418. The Bertz CT molecular complexity index is 127. The zero-order chi connectivity index (χ0) is 8.69. The second kappa shape index (κ2) is 6.53. The summed E-state index contributed by atoms with van der Waals surface area (Å²) < 4.78 is 0. The number of alkyl halides is 1.